The molecule has 17 heavy (non-hydrogen) atoms. The van der Waals surface area contributed by atoms with E-state index in [2.05, 4.69) is 5.32 Å². The average Bonchev–Trinajstić information content (AvgIpc) is 2.67. The van der Waals surface area contributed by atoms with E-state index in [0.717, 1.165) is 31.4 Å². The van der Waals surface area contributed by atoms with Gasteiger partial charge < -0.3 is 9.84 Å². The highest BCUT2D eigenvalue weighted by atomic mass is 16.6. The molecule has 1 aromatic carbocycles. The van der Waals surface area contributed by atoms with E-state index in [9.17, 15) is 4.79 Å². The molecule has 0 bridgehead atoms. The van der Waals surface area contributed by atoms with Crippen molar-refractivity contribution < 1.29 is 14.6 Å². The first kappa shape index (κ1) is 12.1. The van der Waals surface area contributed by atoms with Gasteiger partial charge in [0.15, 0.2) is 6.23 Å². The summed E-state index contributed by atoms with van der Waals surface area (Å²) in [6.45, 7) is 1.02. The van der Waals surface area contributed by atoms with Crippen molar-refractivity contribution in [2.45, 2.75) is 25.5 Å². The molecular formula is C13H17NO3. The summed E-state index contributed by atoms with van der Waals surface area (Å²) in [5, 5.41) is 11.9. The van der Waals surface area contributed by atoms with Crippen LogP contribution in [0.15, 0.2) is 24.3 Å². The van der Waals surface area contributed by atoms with Gasteiger partial charge in [-0.1, -0.05) is 18.2 Å². The number of aliphatic hydroxyl groups is 1. The fourth-order valence-electron chi connectivity index (χ4n) is 1.94. The van der Waals surface area contributed by atoms with Crippen LogP contribution in [0.4, 0.5) is 0 Å². The van der Waals surface area contributed by atoms with Crippen LogP contribution in [-0.4, -0.2) is 24.2 Å². The van der Waals surface area contributed by atoms with E-state index >= 15 is 0 Å². The van der Waals surface area contributed by atoms with Gasteiger partial charge in [0.25, 0.3) is 0 Å². The molecule has 1 unspecified atom stereocenters. The smallest absolute Gasteiger partial charge is 0.340 e. The van der Waals surface area contributed by atoms with Crippen LogP contribution < -0.4 is 5.32 Å². The van der Waals surface area contributed by atoms with Crippen LogP contribution in [0.3, 0.4) is 0 Å². The second-order valence-electron chi connectivity index (χ2n) is 4.11. The lowest BCUT2D eigenvalue weighted by Crippen LogP contribution is -2.22. The van der Waals surface area contributed by atoms with Crippen LogP contribution in [0.5, 0.6) is 0 Å². The number of aliphatic hydroxyl groups excluding tert-OH is 1. The van der Waals surface area contributed by atoms with Crippen LogP contribution in [0, 0.1) is 0 Å². The maximum atomic E-state index is 11.5. The Balaban J connectivity index is 1.85. The van der Waals surface area contributed by atoms with Crippen molar-refractivity contribution in [1.29, 1.82) is 0 Å². The van der Waals surface area contributed by atoms with Crippen molar-refractivity contribution in [2.24, 2.45) is 0 Å². The number of hydrogen-bond donors (Lipinski definition) is 2. The Morgan fingerprint density at radius 3 is 2.88 bits per heavy atom. The molecule has 1 heterocycles. The standard InChI is InChI=1S/C13H17NO3/c15-9-5-1-4-8-14-12-10-6-2-3-7-11(10)13(16)17-12/h2-3,6-7,12,14-15H,1,4-5,8-9H2. The van der Waals surface area contributed by atoms with Gasteiger partial charge in [0.05, 0.1) is 5.56 Å². The minimum absolute atomic E-state index is 0.237. The van der Waals surface area contributed by atoms with Gasteiger partial charge in [-0.05, 0) is 31.9 Å². The zero-order valence-electron chi connectivity index (χ0n) is 9.69. The first-order valence-electron chi connectivity index (χ1n) is 5.97. The molecule has 0 amide bonds. The Labute approximate surface area is 101 Å². The third-order valence-corrected chi connectivity index (χ3v) is 2.85. The van der Waals surface area contributed by atoms with Crippen LogP contribution in [-0.2, 0) is 4.74 Å². The molecule has 2 N–H and O–H groups in total. The van der Waals surface area contributed by atoms with Gasteiger partial charge in [0.1, 0.15) is 0 Å². The van der Waals surface area contributed by atoms with Crippen molar-refractivity contribution in [3.05, 3.63) is 35.4 Å². The van der Waals surface area contributed by atoms with E-state index in [1.165, 1.54) is 0 Å². The third-order valence-electron chi connectivity index (χ3n) is 2.85. The quantitative estimate of drug-likeness (QED) is 0.581. The zero-order chi connectivity index (χ0) is 12.1. The largest absolute Gasteiger partial charge is 0.439 e. The highest BCUT2D eigenvalue weighted by molar-refractivity contribution is 5.93. The molecule has 4 heteroatoms. The number of unbranched alkanes of at least 4 members (excludes halogenated alkanes) is 2. The second kappa shape index (κ2) is 5.80. The Bertz CT molecular complexity index is 392. The minimum atomic E-state index is -0.312. The number of esters is 1. The minimum Gasteiger partial charge on any atom is -0.439 e. The van der Waals surface area contributed by atoms with Gasteiger partial charge in [-0.3, -0.25) is 5.32 Å². The Morgan fingerprint density at radius 2 is 2.06 bits per heavy atom. The molecule has 0 saturated heterocycles. The van der Waals surface area contributed by atoms with Crippen LogP contribution in [0.2, 0.25) is 0 Å². The highest BCUT2D eigenvalue weighted by Gasteiger charge is 2.29. The van der Waals surface area contributed by atoms with Crippen molar-refractivity contribution in [3.8, 4) is 0 Å². The molecule has 92 valence electrons. The number of hydrogen-bond acceptors (Lipinski definition) is 4. The normalized spacial score (nSPS) is 17.9. The molecule has 1 atom stereocenters. The van der Waals surface area contributed by atoms with Crippen LogP contribution >= 0.6 is 0 Å². The lowest BCUT2D eigenvalue weighted by molar-refractivity contribution is 0.0308. The molecule has 0 spiro atoms. The summed E-state index contributed by atoms with van der Waals surface area (Å²) in [5.41, 5.74) is 1.57. The van der Waals surface area contributed by atoms with Gasteiger partial charge in [-0.2, -0.15) is 0 Å². The van der Waals surface area contributed by atoms with Gasteiger partial charge in [0, 0.05) is 12.2 Å². The summed E-state index contributed by atoms with van der Waals surface area (Å²) < 4.78 is 5.24. The summed E-state index contributed by atoms with van der Waals surface area (Å²) in [6, 6.07) is 7.43. The average molecular weight is 235 g/mol. The molecule has 4 nitrogen and oxygen atoms in total. The number of fused-ring (bicyclic) bond motifs is 1. The van der Waals surface area contributed by atoms with Gasteiger partial charge in [-0.15, -0.1) is 0 Å². The Morgan fingerprint density at radius 1 is 1.24 bits per heavy atom. The highest BCUT2D eigenvalue weighted by Crippen LogP contribution is 2.27. The third kappa shape index (κ3) is 2.84. The molecule has 1 aliphatic rings. The Hall–Kier alpha value is -1.39. The summed E-state index contributed by atoms with van der Waals surface area (Å²) in [7, 11) is 0. The van der Waals surface area contributed by atoms with Crippen molar-refractivity contribution in [3.63, 3.8) is 0 Å². The molecular weight excluding hydrogens is 218 g/mol. The van der Waals surface area contributed by atoms with Crippen molar-refractivity contribution in [2.75, 3.05) is 13.2 Å². The first-order valence-corrected chi connectivity index (χ1v) is 5.97. The summed E-state index contributed by atoms with van der Waals surface area (Å²) in [4.78, 5) is 11.5. The predicted octanol–water partition coefficient (Wildman–Crippen LogP) is 1.61. The predicted molar refractivity (Wildman–Crippen MR) is 63.5 cm³/mol. The number of nitrogens with one attached hydrogen (secondary N) is 1. The number of rotatable bonds is 6. The number of cyclic esters (lactones) is 1. The molecule has 0 radical (unpaired) electrons. The fourth-order valence-corrected chi connectivity index (χ4v) is 1.94. The lowest BCUT2D eigenvalue weighted by atomic mass is 10.1. The number of carbonyl (C=O) groups is 1. The van der Waals surface area contributed by atoms with Crippen molar-refractivity contribution in [1.82, 2.24) is 5.32 Å². The molecule has 2 rings (SSSR count). The van der Waals surface area contributed by atoms with Crippen molar-refractivity contribution >= 4 is 5.97 Å². The second-order valence-corrected chi connectivity index (χ2v) is 4.11. The number of benzene rings is 1. The summed E-state index contributed by atoms with van der Waals surface area (Å²) in [5.74, 6) is -0.256. The van der Waals surface area contributed by atoms with E-state index in [1.54, 1.807) is 6.07 Å². The molecule has 0 aromatic heterocycles. The molecule has 0 saturated carbocycles. The van der Waals surface area contributed by atoms with E-state index in [0.29, 0.717) is 5.56 Å². The van der Waals surface area contributed by atoms with E-state index in [1.807, 2.05) is 18.2 Å². The maximum Gasteiger partial charge on any atom is 0.340 e. The number of carbonyl (C=O) groups excluding carboxylic acids is 1. The van der Waals surface area contributed by atoms with Gasteiger partial charge >= 0.3 is 5.97 Å². The maximum absolute atomic E-state index is 11.5. The van der Waals surface area contributed by atoms with E-state index in [-0.39, 0.29) is 18.8 Å². The van der Waals surface area contributed by atoms with E-state index < -0.39 is 0 Å². The molecule has 0 fully saturated rings. The lowest BCUT2D eigenvalue weighted by Gasteiger charge is -2.12. The van der Waals surface area contributed by atoms with Gasteiger partial charge in [-0.25, -0.2) is 4.79 Å². The van der Waals surface area contributed by atoms with Crippen LogP contribution in [0.1, 0.15) is 41.4 Å². The fraction of sp³-hybridized carbons (Fsp3) is 0.462. The summed E-state index contributed by atoms with van der Waals surface area (Å²) in [6.07, 6.45) is 2.46. The van der Waals surface area contributed by atoms with Crippen LogP contribution in [0.25, 0.3) is 0 Å². The summed E-state index contributed by atoms with van der Waals surface area (Å²) >= 11 is 0. The molecule has 0 aliphatic carbocycles. The molecule has 1 aliphatic heterocycles. The zero-order valence-corrected chi connectivity index (χ0v) is 9.69. The first-order chi connectivity index (χ1) is 8.33. The Kier molecular flexibility index (Phi) is 4.12. The topological polar surface area (TPSA) is 58.6 Å². The number of ether oxygens (including phenoxy) is 1. The van der Waals surface area contributed by atoms with E-state index in [4.69, 9.17) is 9.84 Å². The SMILES string of the molecule is O=C1OC(NCCCCCO)c2ccccc21. The molecule has 1 aromatic rings. The monoisotopic (exact) mass is 235 g/mol. The van der Waals surface area contributed by atoms with Gasteiger partial charge in [0.2, 0.25) is 0 Å².